The largest absolute Gasteiger partial charge is 0.392 e. The molecule has 0 spiro atoms. The van der Waals surface area contributed by atoms with E-state index in [9.17, 15) is 17.6 Å². The van der Waals surface area contributed by atoms with E-state index in [2.05, 4.69) is 5.32 Å². The number of sulfone groups is 1. The summed E-state index contributed by atoms with van der Waals surface area (Å²) in [5, 5.41) is 11.7. The molecule has 2 N–H and O–H groups in total. The fourth-order valence-electron chi connectivity index (χ4n) is 2.38. The highest BCUT2D eigenvalue weighted by Crippen LogP contribution is 2.13. The van der Waals surface area contributed by atoms with Crippen molar-refractivity contribution in [2.24, 2.45) is 0 Å². The minimum absolute atomic E-state index is 0.0216. The molecule has 0 atom stereocenters. The molecule has 0 heterocycles. The van der Waals surface area contributed by atoms with Gasteiger partial charge in [0.1, 0.15) is 5.82 Å². The molecule has 25 heavy (non-hydrogen) atoms. The van der Waals surface area contributed by atoms with Crippen LogP contribution in [0.2, 0.25) is 0 Å². The average Bonchev–Trinajstić information content (AvgIpc) is 2.55. The zero-order valence-corrected chi connectivity index (χ0v) is 14.6. The lowest BCUT2D eigenvalue weighted by Gasteiger charge is -2.08. The molecule has 0 aliphatic heterocycles. The standard InChI is InChI=1S/C18H20FNO4S/c1-13-10-14(2-3-15(13)12-21)11-18(22)20-8-9-25(23,24)17-6-4-16(19)5-7-17/h2-7,10,21H,8-9,11-12H2,1H3,(H,20,22). The van der Waals surface area contributed by atoms with Crippen molar-refractivity contribution in [2.45, 2.75) is 24.8 Å². The molecule has 0 unspecified atom stereocenters. The average molecular weight is 365 g/mol. The molecule has 0 aromatic heterocycles. The third-order valence-electron chi connectivity index (χ3n) is 3.81. The Morgan fingerprint density at radius 2 is 1.84 bits per heavy atom. The lowest BCUT2D eigenvalue weighted by molar-refractivity contribution is -0.120. The number of aliphatic hydroxyl groups excluding tert-OH is 1. The van der Waals surface area contributed by atoms with E-state index in [1.165, 1.54) is 12.1 Å². The van der Waals surface area contributed by atoms with Crippen LogP contribution in [0.3, 0.4) is 0 Å². The number of aliphatic hydroxyl groups is 1. The molecule has 1 amide bonds. The molecule has 5 nitrogen and oxygen atoms in total. The second-order valence-corrected chi connectivity index (χ2v) is 7.83. The molecule has 134 valence electrons. The van der Waals surface area contributed by atoms with Crippen LogP contribution in [0.25, 0.3) is 0 Å². The predicted molar refractivity (Wildman–Crippen MR) is 92.3 cm³/mol. The highest BCUT2D eigenvalue weighted by Gasteiger charge is 2.15. The van der Waals surface area contributed by atoms with Crippen molar-refractivity contribution in [3.05, 3.63) is 65.0 Å². The van der Waals surface area contributed by atoms with Crippen molar-refractivity contribution in [2.75, 3.05) is 12.3 Å². The van der Waals surface area contributed by atoms with Gasteiger partial charge in [-0.05, 0) is 47.9 Å². The Morgan fingerprint density at radius 3 is 2.44 bits per heavy atom. The molecule has 0 radical (unpaired) electrons. The van der Waals surface area contributed by atoms with Gasteiger partial charge in [-0.3, -0.25) is 4.79 Å². The Hall–Kier alpha value is -2.25. The van der Waals surface area contributed by atoms with E-state index in [-0.39, 0.29) is 36.1 Å². The van der Waals surface area contributed by atoms with Crippen LogP contribution in [0, 0.1) is 12.7 Å². The maximum absolute atomic E-state index is 12.9. The monoisotopic (exact) mass is 365 g/mol. The number of rotatable bonds is 7. The van der Waals surface area contributed by atoms with Crippen LogP contribution in [0.15, 0.2) is 47.4 Å². The molecule has 2 rings (SSSR count). The SMILES string of the molecule is Cc1cc(CC(=O)NCCS(=O)(=O)c2ccc(F)cc2)ccc1CO. The van der Waals surface area contributed by atoms with Crippen LogP contribution in [-0.2, 0) is 27.7 Å². The summed E-state index contributed by atoms with van der Waals surface area (Å²) in [6.07, 6.45) is 0.128. The van der Waals surface area contributed by atoms with Gasteiger partial charge in [-0.25, -0.2) is 12.8 Å². The quantitative estimate of drug-likeness (QED) is 0.733. The minimum Gasteiger partial charge on any atom is -0.392 e. The molecule has 0 saturated heterocycles. The summed E-state index contributed by atoms with van der Waals surface area (Å²) >= 11 is 0. The Balaban J connectivity index is 1.87. The number of nitrogens with one attached hydrogen (secondary N) is 1. The van der Waals surface area contributed by atoms with E-state index in [1.54, 1.807) is 12.1 Å². The maximum atomic E-state index is 12.9. The van der Waals surface area contributed by atoms with Crippen molar-refractivity contribution in [3.63, 3.8) is 0 Å². The Kier molecular flexibility index (Phi) is 6.27. The van der Waals surface area contributed by atoms with Gasteiger partial charge in [-0.15, -0.1) is 0 Å². The number of halogens is 1. The molecule has 0 aliphatic carbocycles. The molecule has 2 aromatic rings. The van der Waals surface area contributed by atoms with Gasteiger partial charge in [0.2, 0.25) is 5.91 Å². The molecule has 0 saturated carbocycles. The number of carbonyl (C=O) groups is 1. The van der Waals surface area contributed by atoms with E-state index in [1.807, 2.05) is 13.0 Å². The molecule has 0 fully saturated rings. The van der Waals surface area contributed by atoms with Gasteiger partial charge in [0.25, 0.3) is 0 Å². The van der Waals surface area contributed by atoms with Crippen molar-refractivity contribution < 1.29 is 22.7 Å². The lowest BCUT2D eigenvalue weighted by Crippen LogP contribution is -2.30. The Bertz CT molecular complexity index is 848. The smallest absolute Gasteiger partial charge is 0.224 e. The predicted octanol–water partition coefficient (Wildman–Crippen LogP) is 1.76. The van der Waals surface area contributed by atoms with Crippen molar-refractivity contribution >= 4 is 15.7 Å². The first-order chi connectivity index (χ1) is 11.8. The summed E-state index contributed by atoms with van der Waals surface area (Å²) in [4.78, 5) is 12.0. The van der Waals surface area contributed by atoms with Crippen LogP contribution < -0.4 is 5.32 Å². The normalized spacial score (nSPS) is 11.3. The molecule has 0 bridgehead atoms. The lowest BCUT2D eigenvalue weighted by atomic mass is 10.0. The van der Waals surface area contributed by atoms with Gasteiger partial charge >= 0.3 is 0 Å². The molecular weight excluding hydrogens is 345 g/mol. The van der Waals surface area contributed by atoms with E-state index < -0.39 is 15.7 Å². The summed E-state index contributed by atoms with van der Waals surface area (Å²) in [6.45, 7) is 1.77. The van der Waals surface area contributed by atoms with Crippen LogP contribution in [0.1, 0.15) is 16.7 Å². The molecule has 2 aromatic carbocycles. The van der Waals surface area contributed by atoms with Gasteiger partial charge in [0, 0.05) is 6.54 Å². The fraction of sp³-hybridized carbons (Fsp3) is 0.278. The summed E-state index contributed by atoms with van der Waals surface area (Å²) < 4.78 is 37.1. The van der Waals surface area contributed by atoms with Gasteiger partial charge < -0.3 is 10.4 Å². The van der Waals surface area contributed by atoms with Crippen LogP contribution >= 0.6 is 0 Å². The number of amides is 1. The number of hydrogen-bond acceptors (Lipinski definition) is 4. The topological polar surface area (TPSA) is 83.5 Å². The first-order valence-corrected chi connectivity index (χ1v) is 9.41. The summed E-state index contributed by atoms with van der Waals surface area (Å²) in [5.74, 6) is -1.05. The van der Waals surface area contributed by atoms with Crippen LogP contribution in [0.5, 0.6) is 0 Å². The van der Waals surface area contributed by atoms with Crippen molar-refractivity contribution in [3.8, 4) is 0 Å². The highest BCUT2D eigenvalue weighted by molar-refractivity contribution is 7.91. The maximum Gasteiger partial charge on any atom is 0.224 e. The number of carbonyl (C=O) groups excluding carboxylic acids is 1. The number of benzene rings is 2. The first-order valence-electron chi connectivity index (χ1n) is 7.76. The van der Waals surface area contributed by atoms with Gasteiger partial charge in [-0.2, -0.15) is 0 Å². The van der Waals surface area contributed by atoms with Crippen molar-refractivity contribution in [1.29, 1.82) is 0 Å². The Morgan fingerprint density at radius 1 is 1.16 bits per heavy atom. The second kappa shape index (κ2) is 8.22. The molecular formula is C18H20FNO4S. The summed E-state index contributed by atoms with van der Waals surface area (Å²) in [7, 11) is -3.57. The van der Waals surface area contributed by atoms with Crippen molar-refractivity contribution in [1.82, 2.24) is 5.32 Å². The van der Waals surface area contributed by atoms with Gasteiger partial charge in [0.05, 0.1) is 23.7 Å². The number of hydrogen-bond donors (Lipinski definition) is 2. The van der Waals surface area contributed by atoms with E-state index in [0.29, 0.717) is 0 Å². The first kappa shape index (κ1) is 19.1. The van der Waals surface area contributed by atoms with E-state index in [0.717, 1.165) is 28.8 Å². The third kappa shape index (κ3) is 5.37. The number of aryl methyl sites for hydroxylation is 1. The zero-order chi connectivity index (χ0) is 18.4. The highest BCUT2D eigenvalue weighted by atomic mass is 32.2. The van der Waals surface area contributed by atoms with E-state index >= 15 is 0 Å². The second-order valence-electron chi connectivity index (χ2n) is 5.72. The Labute approximate surface area is 146 Å². The fourth-order valence-corrected chi connectivity index (χ4v) is 3.54. The van der Waals surface area contributed by atoms with E-state index in [4.69, 9.17) is 5.11 Å². The van der Waals surface area contributed by atoms with Gasteiger partial charge in [0.15, 0.2) is 9.84 Å². The molecule has 0 aliphatic rings. The third-order valence-corrected chi connectivity index (χ3v) is 5.54. The molecule has 7 heteroatoms. The van der Waals surface area contributed by atoms with Crippen LogP contribution in [0.4, 0.5) is 4.39 Å². The van der Waals surface area contributed by atoms with Crippen LogP contribution in [-0.4, -0.2) is 31.7 Å². The summed E-state index contributed by atoms with van der Waals surface area (Å²) in [5.41, 5.74) is 2.48. The minimum atomic E-state index is -3.57. The van der Waals surface area contributed by atoms with Gasteiger partial charge in [-0.1, -0.05) is 18.2 Å². The zero-order valence-electron chi connectivity index (χ0n) is 13.8. The summed E-state index contributed by atoms with van der Waals surface area (Å²) in [6, 6.07) is 9.92.